The van der Waals surface area contributed by atoms with Crippen molar-refractivity contribution in [3.63, 3.8) is 0 Å². The second kappa shape index (κ2) is 8.90. The normalized spacial score (nSPS) is 26.3. The van der Waals surface area contributed by atoms with Crippen molar-refractivity contribution in [2.24, 2.45) is 11.8 Å². The first-order valence-corrected chi connectivity index (χ1v) is 7.87. The van der Waals surface area contributed by atoms with Crippen molar-refractivity contribution in [1.82, 2.24) is 9.80 Å². The number of aliphatic carboxylic acids is 1. The van der Waals surface area contributed by atoms with Crippen LogP contribution in [-0.2, 0) is 4.79 Å². The SMILES string of the molecule is COc1ccc([C@@H]2[C@@H]3CN(CCC(=O)O)C[C@@H]3CN2C)cc1.Cl.Cl. The molecule has 0 spiro atoms. The average Bonchev–Trinajstić information content (AvgIpc) is 3.01. The number of carbonyl (C=O) groups is 1. The summed E-state index contributed by atoms with van der Waals surface area (Å²) in [7, 11) is 3.87. The smallest absolute Gasteiger partial charge is 0.304 e. The van der Waals surface area contributed by atoms with E-state index in [0.717, 1.165) is 25.4 Å². The molecule has 0 amide bonds. The number of hydrogen-bond acceptors (Lipinski definition) is 4. The van der Waals surface area contributed by atoms with E-state index in [1.54, 1.807) is 7.11 Å². The van der Waals surface area contributed by atoms with Crippen LogP contribution >= 0.6 is 24.8 Å². The van der Waals surface area contributed by atoms with Gasteiger partial charge in [0, 0.05) is 32.2 Å². The summed E-state index contributed by atoms with van der Waals surface area (Å²) in [5, 5.41) is 8.85. The van der Waals surface area contributed by atoms with Crippen LogP contribution in [0.4, 0.5) is 0 Å². The van der Waals surface area contributed by atoms with Gasteiger partial charge in [0.05, 0.1) is 13.5 Å². The molecule has 5 nitrogen and oxygen atoms in total. The predicted molar refractivity (Wildman–Crippen MR) is 98.5 cm³/mol. The topological polar surface area (TPSA) is 53.0 Å². The highest BCUT2D eigenvalue weighted by Crippen LogP contribution is 2.44. The van der Waals surface area contributed by atoms with E-state index in [1.165, 1.54) is 5.56 Å². The molecule has 3 atom stereocenters. The molecule has 24 heavy (non-hydrogen) atoms. The van der Waals surface area contributed by atoms with E-state index in [4.69, 9.17) is 9.84 Å². The van der Waals surface area contributed by atoms with Gasteiger partial charge in [0.2, 0.25) is 0 Å². The van der Waals surface area contributed by atoms with Crippen molar-refractivity contribution >= 4 is 30.8 Å². The number of carboxylic acid groups (broad SMARTS) is 1. The molecule has 0 aromatic heterocycles. The van der Waals surface area contributed by atoms with Crippen molar-refractivity contribution in [3.05, 3.63) is 29.8 Å². The molecule has 0 bridgehead atoms. The molecule has 0 saturated carbocycles. The number of benzene rings is 1. The zero-order chi connectivity index (χ0) is 15.7. The van der Waals surface area contributed by atoms with Crippen LogP contribution in [0.2, 0.25) is 0 Å². The Morgan fingerprint density at radius 2 is 1.88 bits per heavy atom. The molecule has 7 heteroatoms. The summed E-state index contributed by atoms with van der Waals surface area (Å²) in [6.45, 7) is 3.78. The maximum absolute atomic E-state index is 10.8. The fourth-order valence-corrected chi connectivity index (χ4v) is 4.09. The van der Waals surface area contributed by atoms with Crippen LogP contribution in [-0.4, -0.2) is 61.2 Å². The molecule has 2 fully saturated rings. The molecule has 2 aliphatic heterocycles. The Morgan fingerprint density at radius 1 is 1.21 bits per heavy atom. The molecule has 3 rings (SSSR count). The first-order chi connectivity index (χ1) is 10.6. The number of methoxy groups -OCH3 is 1. The molecule has 1 aromatic rings. The van der Waals surface area contributed by atoms with Gasteiger partial charge in [0.25, 0.3) is 0 Å². The van der Waals surface area contributed by atoms with Gasteiger partial charge in [0.15, 0.2) is 0 Å². The highest BCUT2D eigenvalue weighted by atomic mass is 35.5. The van der Waals surface area contributed by atoms with Gasteiger partial charge in [-0.05, 0) is 36.6 Å². The summed E-state index contributed by atoms with van der Waals surface area (Å²) in [5.74, 6) is 1.41. The number of rotatable bonds is 5. The quantitative estimate of drug-likeness (QED) is 0.855. The standard InChI is InChI=1S/C17H24N2O3.2ClH/c1-18-9-13-10-19(8-7-16(20)21)11-15(13)17(18)12-3-5-14(22-2)6-4-12;;/h3-6,13,15,17H,7-11H2,1-2H3,(H,20,21);2*1H/t13-,15+,17+;;/m0../s1. The van der Waals surface area contributed by atoms with E-state index in [1.807, 2.05) is 12.1 Å². The fraction of sp³-hybridized carbons (Fsp3) is 0.588. The number of likely N-dealkylation sites (tertiary alicyclic amines) is 2. The monoisotopic (exact) mass is 376 g/mol. The lowest BCUT2D eigenvalue weighted by Gasteiger charge is -2.26. The van der Waals surface area contributed by atoms with Crippen molar-refractivity contribution in [1.29, 1.82) is 0 Å². The summed E-state index contributed by atoms with van der Waals surface area (Å²) in [6, 6.07) is 8.78. The maximum Gasteiger partial charge on any atom is 0.304 e. The summed E-state index contributed by atoms with van der Waals surface area (Å²) in [4.78, 5) is 15.5. The van der Waals surface area contributed by atoms with Gasteiger partial charge in [-0.1, -0.05) is 12.1 Å². The Balaban J connectivity index is 0.00000144. The van der Waals surface area contributed by atoms with Crippen LogP contribution in [0, 0.1) is 11.8 Å². The summed E-state index contributed by atoms with van der Waals surface area (Å²) in [6.07, 6.45) is 0.239. The summed E-state index contributed by atoms with van der Waals surface area (Å²) < 4.78 is 5.24. The lowest BCUT2D eigenvalue weighted by molar-refractivity contribution is -0.137. The second-order valence-corrected chi connectivity index (χ2v) is 6.48. The lowest BCUT2D eigenvalue weighted by Crippen LogP contribution is -2.30. The van der Waals surface area contributed by atoms with E-state index in [0.29, 0.717) is 24.4 Å². The van der Waals surface area contributed by atoms with E-state index in [2.05, 4.69) is 29.0 Å². The van der Waals surface area contributed by atoms with Crippen molar-refractivity contribution < 1.29 is 14.6 Å². The van der Waals surface area contributed by atoms with Crippen LogP contribution < -0.4 is 4.74 Å². The number of halogens is 2. The molecule has 2 heterocycles. The highest BCUT2D eigenvalue weighted by molar-refractivity contribution is 5.85. The van der Waals surface area contributed by atoms with Gasteiger partial charge in [-0.25, -0.2) is 0 Å². The highest BCUT2D eigenvalue weighted by Gasteiger charge is 2.45. The van der Waals surface area contributed by atoms with Gasteiger partial charge >= 0.3 is 5.97 Å². The van der Waals surface area contributed by atoms with Crippen LogP contribution in [0.25, 0.3) is 0 Å². The van der Waals surface area contributed by atoms with Crippen molar-refractivity contribution in [2.45, 2.75) is 12.5 Å². The number of nitrogens with zero attached hydrogens (tertiary/aromatic N) is 2. The van der Waals surface area contributed by atoms with Gasteiger partial charge < -0.3 is 14.7 Å². The van der Waals surface area contributed by atoms with Crippen LogP contribution in [0.5, 0.6) is 5.75 Å². The number of carboxylic acids is 1. The summed E-state index contributed by atoms with van der Waals surface area (Å²) >= 11 is 0. The largest absolute Gasteiger partial charge is 0.497 e. The Hall–Kier alpha value is -1.01. The first kappa shape index (κ1) is 21.0. The van der Waals surface area contributed by atoms with Gasteiger partial charge in [-0.15, -0.1) is 24.8 Å². The molecular formula is C17H26Cl2N2O3. The molecule has 0 aliphatic carbocycles. The fourth-order valence-electron chi connectivity index (χ4n) is 4.09. The number of hydrogen-bond donors (Lipinski definition) is 1. The van der Waals surface area contributed by atoms with Crippen molar-refractivity contribution in [3.8, 4) is 5.75 Å². The Bertz CT molecular complexity index is 541. The zero-order valence-corrected chi connectivity index (χ0v) is 15.7. The molecule has 0 radical (unpaired) electrons. The van der Waals surface area contributed by atoms with Crippen LogP contribution in [0.1, 0.15) is 18.0 Å². The first-order valence-electron chi connectivity index (χ1n) is 7.87. The third-order valence-corrected chi connectivity index (χ3v) is 5.07. The van der Waals surface area contributed by atoms with Crippen LogP contribution in [0.15, 0.2) is 24.3 Å². The minimum absolute atomic E-state index is 0. The van der Waals surface area contributed by atoms with E-state index in [-0.39, 0.29) is 31.2 Å². The molecule has 1 aromatic carbocycles. The molecule has 136 valence electrons. The second-order valence-electron chi connectivity index (χ2n) is 6.48. The predicted octanol–water partition coefficient (Wildman–Crippen LogP) is 2.55. The Labute approximate surface area is 155 Å². The minimum Gasteiger partial charge on any atom is -0.497 e. The minimum atomic E-state index is -0.708. The van der Waals surface area contributed by atoms with Gasteiger partial charge in [-0.3, -0.25) is 9.69 Å². The molecule has 0 unspecified atom stereocenters. The molecule has 2 saturated heterocycles. The van der Waals surface area contributed by atoms with Gasteiger partial charge in [-0.2, -0.15) is 0 Å². The summed E-state index contributed by atoms with van der Waals surface area (Å²) in [5.41, 5.74) is 1.33. The number of fused-ring (bicyclic) bond motifs is 1. The maximum atomic E-state index is 10.8. The van der Waals surface area contributed by atoms with E-state index in [9.17, 15) is 4.79 Å². The third kappa shape index (κ3) is 4.33. The molecule has 2 aliphatic rings. The zero-order valence-electron chi connectivity index (χ0n) is 14.1. The molecule has 1 N–H and O–H groups in total. The third-order valence-electron chi connectivity index (χ3n) is 5.07. The van der Waals surface area contributed by atoms with E-state index >= 15 is 0 Å². The number of ether oxygens (including phenoxy) is 1. The van der Waals surface area contributed by atoms with Gasteiger partial charge in [0.1, 0.15) is 5.75 Å². The Morgan fingerprint density at radius 3 is 2.46 bits per heavy atom. The lowest BCUT2D eigenvalue weighted by atomic mass is 9.89. The molecular weight excluding hydrogens is 351 g/mol. The Kier molecular flexibility index (Phi) is 7.80. The van der Waals surface area contributed by atoms with E-state index < -0.39 is 5.97 Å². The van der Waals surface area contributed by atoms with Crippen molar-refractivity contribution in [2.75, 3.05) is 40.3 Å². The average molecular weight is 377 g/mol. The van der Waals surface area contributed by atoms with Crippen LogP contribution in [0.3, 0.4) is 0 Å².